The van der Waals surface area contributed by atoms with Gasteiger partial charge in [0.05, 0.1) is 25.7 Å². The van der Waals surface area contributed by atoms with Crippen molar-refractivity contribution in [2.24, 2.45) is 0 Å². The third-order valence-electron chi connectivity index (χ3n) is 4.75. The average Bonchev–Trinajstić information content (AvgIpc) is 2.75. The molecule has 11 nitrogen and oxygen atoms in total. The van der Waals surface area contributed by atoms with Crippen LogP contribution < -0.4 is 10.6 Å². The van der Waals surface area contributed by atoms with E-state index in [4.69, 9.17) is 9.47 Å². The molecule has 11 heteroatoms. The van der Waals surface area contributed by atoms with E-state index in [1.54, 1.807) is 39.8 Å². The number of hydrogen-bond acceptors (Lipinski definition) is 8. The fourth-order valence-corrected chi connectivity index (χ4v) is 3.47. The van der Waals surface area contributed by atoms with Crippen LogP contribution in [0.5, 0.6) is 0 Å². The van der Waals surface area contributed by atoms with Gasteiger partial charge in [0.2, 0.25) is 11.8 Å². The lowest BCUT2D eigenvalue weighted by Crippen LogP contribution is -2.54. The summed E-state index contributed by atoms with van der Waals surface area (Å²) in [4.78, 5) is 51.6. The molecule has 0 bridgehead atoms. The van der Waals surface area contributed by atoms with E-state index in [1.807, 2.05) is 26.0 Å². The van der Waals surface area contributed by atoms with Crippen LogP contribution in [0, 0.1) is 25.2 Å². The summed E-state index contributed by atoms with van der Waals surface area (Å²) in [5.41, 5.74) is 1.23. The minimum Gasteiger partial charge on any atom is -0.466 e. The molecule has 0 aromatic heterocycles. The zero-order valence-corrected chi connectivity index (χ0v) is 21.7. The molecule has 3 N–H and O–H groups in total. The normalized spacial score (nSPS) is 12.5. The van der Waals surface area contributed by atoms with Crippen molar-refractivity contribution in [2.45, 2.75) is 65.6 Å². The van der Waals surface area contributed by atoms with E-state index < -0.39 is 54.7 Å². The maximum atomic E-state index is 13.4. The fourth-order valence-electron chi connectivity index (χ4n) is 3.47. The first-order valence-electron chi connectivity index (χ1n) is 11.6. The van der Waals surface area contributed by atoms with Gasteiger partial charge in [0.1, 0.15) is 24.2 Å². The maximum absolute atomic E-state index is 13.4. The number of aliphatic hydroxyl groups is 1. The predicted octanol–water partition coefficient (Wildman–Crippen LogP) is 1.65. The topological polar surface area (TPSA) is 158 Å². The monoisotopic (exact) mass is 504 g/mol. The maximum Gasteiger partial charge on any atom is 0.408 e. The molecule has 0 aliphatic heterocycles. The Morgan fingerprint density at radius 3 is 2.25 bits per heavy atom. The number of rotatable bonds is 11. The van der Waals surface area contributed by atoms with Crippen LogP contribution in [0.25, 0.3) is 0 Å². The van der Waals surface area contributed by atoms with Gasteiger partial charge in [-0.2, -0.15) is 5.26 Å². The lowest BCUT2D eigenvalue weighted by molar-refractivity contribution is -0.144. The number of aliphatic hydroxyl groups excluding tert-OH is 1. The average molecular weight is 505 g/mol. The number of carbonyl (C=O) groups excluding carboxylic acids is 4. The van der Waals surface area contributed by atoms with Crippen LogP contribution in [0.3, 0.4) is 0 Å². The van der Waals surface area contributed by atoms with Crippen molar-refractivity contribution in [3.63, 3.8) is 0 Å². The molecule has 0 heterocycles. The van der Waals surface area contributed by atoms with E-state index in [0.717, 1.165) is 16.0 Å². The van der Waals surface area contributed by atoms with Gasteiger partial charge in [-0.3, -0.25) is 14.4 Å². The lowest BCUT2D eigenvalue weighted by atomic mass is 9.98. The number of nitriles is 1. The number of aryl methyl sites for hydroxylation is 2. The highest BCUT2D eigenvalue weighted by Crippen LogP contribution is 2.25. The van der Waals surface area contributed by atoms with Crippen LogP contribution in [0.1, 0.15) is 56.8 Å². The predicted molar refractivity (Wildman–Crippen MR) is 130 cm³/mol. The number of nitrogens with one attached hydrogen (secondary N) is 2. The number of esters is 1. The third-order valence-corrected chi connectivity index (χ3v) is 4.75. The molecule has 0 saturated carbocycles. The highest BCUT2D eigenvalue weighted by molar-refractivity contribution is 5.92. The summed E-state index contributed by atoms with van der Waals surface area (Å²) in [5, 5.41) is 24.2. The molecule has 0 fully saturated rings. The molecule has 36 heavy (non-hydrogen) atoms. The molecule has 2 unspecified atom stereocenters. The molecule has 1 aromatic rings. The number of benzene rings is 1. The van der Waals surface area contributed by atoms with E-state index in [9.17, 15) is 29.5 Å². The van der Waals surface area contributed by atoms with Crippen LogP contribution >= 0.6 is 0 Å². The second-order valence-corrected chi connectivity index (χ2v) is 9.18. The van der Waals surface area contributed by atoms with Gasteiger partial charge in [0.15, 0.2) is 0 Å². The van der Waals surface area contributed by atoms with Crippen molar-refractivity contribution in [1.82, 2.24) is 15.5 Å². The molecule has 0 saturated heterocycles. The zero-order valence-electron chi connectivity index (χ0n) is 21.7. The number of alkyl carbamates (subject to hydrolysis) is 1. The SMILES string of the molecule is CCOC(=O)CCNC(=O)C(c1cc(C)cc(C)c1)N(CC#N)C(=O)C(CO)NC(=O)OC(C)(C)C. The molecule has 2 atom stereocenters. The van der Waals surface area contributed by atoms with Gasteiger partial charge in [-0.25, -0.2) is 4.79 Å². The Morgan fingerprint density at radius 1 is 1.14 bits per heavy atom. The minimum atomic E-state index is -1.46. The highest BCUT2D eigenvalue weighted by Gasteiger charge is 2.36. The first-order chi connectivity index (χ1) is 16.8. The second kappa shape index (κ2) is 14.0. The number of nitrogens with zero attached hydrogens (tertiary/aromatic N) is 2. The van der Waals surface area contributed by atoms with Gasteiger partial charge >= 0.3 is 12.1 Å². The number of ether oxygens (including phenoxy) is 2. The van der Waals surface area contributed by atoms with Gasteiger partial charge in [-0.15, -0.1) is 0 Å². The summed E-state index contributed by atoms with van der Waals surface area (Å²) in [7, 11) is 0. The molecule has 1 rings (SSSR count). The molecule has 0 aliphatic rings. The molecule has 1 aromatic carbocycles. The van der Waals surface area contributed by atoms with Crippen molar-refractivity contribution in [1.29, 1.82) is 5.26 Å². The van der Waals surface area contributed by atoms with Crippen LogP contribution in [0.4, 0.5) is 4.79 Å². The van der Waals surface area contributed by atoms with E-state index in [0.29, 0.717) is 5.56 Å². The third kappa shape index (κ3) is 9.92. The van der Waals surface area contributed by atoms with Crippen LogP contribution in [0.2, 0.25) is 0 Å². The highest BCUT2D eigenvalue weighted by atomic mass is 16.6. The van der Waals surface area contributed by atoms with Gasteiger partial charge in [-0.1, -0.05) is 29.3 Å². The summed E-state index contributed by atoms with van der Waals surface area (Å²) in [6.07, 6.45) is -1.02. The van der Waals surface area contributed by atoms with Crippen LogP contribution in [-0.2, 0) is 23.9 Å². The molecular weight excluding hydrogens is 468 g/mol. The summed E-state index contributed by atoms with van der Waals surface area (Å²) in [6.45, 7) is 9.09. The van der Waals surface area contributed by atoms with Crippen LogP contribution in [0.15, 0.2) is 18.2 Å². The first kappa shape index (κ1) is 30.4. The van der Waals surface area contributed by atoms with Gasteiger partial charge < -0.3 is 30.1 Å². The Bertz CT molecular complexity index is 961. The zero-order chi connectivity index (χ0) is 27.5. The molecule has 0 spiro atoms. The Hall–Kier alpha value is -3.65. The standard InChI is InChI=1S/C25H36N4O7/c1-7-35-20(31)8-10-27-22(32)21(18-13-16(2)12-17(3)14-18)29(11-9-26)23(33)19(15-30)28-24(34)36-25(4,5)6/h12-14,19,21,30H,7-8,10-11,15H2,1-6H3,(H,27,32)(H,28,34). The number of amides is 3. The van der Waals surface area contributed by atoms with Gasteiger partial charge in [-0.05, 0) is 47.1 Å². The lowest BCUT2D eigenvalue weighted by Gasteiger charge is -2.32. The quantitative estimate of drug-likeness (QED) is 0.303. The molecule has 198 valence electrons. The van der Waals surface area contributed by atoms with Crippen molar-refractivity contribution in [2.75, 3.05) is 26.3 Å². The van der Waals surface area contributed by atoms with Gasteiger partial charge in [0.25, 0.3) is 0 Å². The summed E-state index contributed by atoms with van der Waals surface area (Å²) >= 11 is 0. The fraction of sp³-hybridized carbons (Fsp3) is 0.560. The van der Waals surface area contributed by atoms with E-state index in [1.165, 1.54) is 0 Å². The van der Waals surface area contributed by atoms with E-state index in [-0.39, 0.29) is 19.6 Å². The van der Waals surface area contributed by atoms with E-state index >= 15 is 0 Å². The van der Waals surface area contributed by atoms with Crippen molar-refractivity contribution < 1.29 is 33.8 Å². The summed E-state index contributed by atoms with van der Waals surface area (Å²) in [5.74, 6) is -1.98. The van der Waals surface area contributed by atoms with Crippen molar-refractivity contribution in [3.05, 3.63) is 34.9 Å². The largest absolute Gasteiger partial charge is 0.466 e. The number of hydrogen-bond donors (Lipinski definition) is 3. The molecule has 3 amide bonds. The Morgan fingerprint density at radius 2 is 1.75 bits per heavy atom. The first-order valence-corrected chi connectivity index (χ1v) is 11.6. The molecule has 0 aliphatic carbocycles. The summed E-state index contributed by atoms with van der Waals surface area (Å²) < 4.78 is 10.0. The Labute approximate surface area is 211 Å². The van der Waals surface area contributed by atoms with Crippen molar-refractivity contribution >= 4 is 23.9 Å². The molecule has 0 radical (unpaired) electrons. The van der Waals surface area contributed by atoms with Crippen LogP contribution in [-0.4, -0.2) is 71.8 Å². The second-order valence-electron chi connectivity index (χ2n) is 9.18. The Kier molecular flexibility index (Phi) is 11.8. The summed E-state index contributed by atoms with van der Waals surface area (Å²) in [6, 6.07) is 4.43. The van der Waals surface area contributed by atoms with Crippen molar-refractivity contribution in [3.8, 4) is 6.07 Å². The van der Waals surface area contributed by atoms with E-state index in [2.05, 4.69) is 10.6 Å². The molecular formula is C25H36N4O7. The smallest absolute Gasteiger partial charge is 0.408 e. The number of carbonyl (C=O) groups is 4. The minimum absolute atomic E-state index is 0.0485. The van der Waals surface area contributed by atoms with Gasteiger partial charge in [0, 0.05) is 6.54 Å². The Balaban J connectivity index is 3.32.